The minimum absolute atomic E-state index is 0.111. The van der Waals surface area contributed by atoms with Gasteiger partial charge in [-0.15, -0.1) is 0 Å². The van der Waals surface area contributed by atoms with Crippen molar-refractivity contribution in [3.05, 3.63) is 35.4 Å². The SMILES string of the molecule is CC(C)(C)c1ccc(C(=O)N2CCOC3(CCNCC3)C2)cc1. The molecule has 0 radical (unpaired) electrons. The van der Waals surface area contributed by atoms with E-state index in [2.05, 4.69) is 38.2 Å². The molecule has 1 aromatic rings. The summed E-state index contributed by atoms with van der Waals surface area (Å²) in [5, 5.41) is 3.37. The van der Waals surface area contributed by atoms with Crippen molar-refractivity contribution in [1.82, 2.24) is 10.2 Å². The molecule has 0 aliphatic carbocycles. The van der Waals surface area contributed by atoms with E-state index < -0.39 is 0 Å². The average Bonchev–Trinajstić information content (AvgIpc) is 2.54. The third-order valence-electron chi connectivity index (χ3n) is 5.05. The van der Waals surface area contributed by atoms with E-state index in [1.165, 1.54) is 5.56 Å². The molecule has 3 rings (SSSR count). The summed E-state index contributed by atoms with van der Waals surface area (Å²) in [5.74, 6) is 0.131. The number of nitrogens with one attached hydrogen (secondary N) is 1. The Labute approximate surface area is 139 Å². The number of rotatable bonds is 1. The van der Waals surface area contributed by atoms with Crippen LogP contribution in [0.15, 0.2) is 24.3 Å². The Bertz CT molecular complexity index is 548. The molecule has 23 heavy (non-hydrogen) atoms. The lowest BCUT2D eigenvalue weighted by atomic mass is 9.86. The lowest BCUT2D eigenvalue weighted by molar-refractivity contribution is -0.114. The number of piperidine rings is 1. The molecule has 4 heteroatoms. The third kappa shape index (κ3) is 3.59. The van der Waals surface area contributed by atoms with E-state index in [0.717, 1.165) is 31.5 Å². The molecule has 1 amide bonds. The lowest BCUT2D eigenvalue weighted by Gasteiger charge is -2.45. The van der Waals surface area contributed by atoms with Gasteiger partial charge in [-0.2, -0.15) is 0 Å². The summed E-state index contributed by atoms with van der Waals surface area (Å²) < 4.78 is 6.05. The number of ether oxygens (including phenoxy) is 1. The summed E-state index contributed by atoms with van der Waals surface area (Å²) in [6.07, 6.45) is 1.97. The molecular weight excluding hydrogens is 288 g/mol. The molecule has 2 aliphatic heterocycles. The van der Waals surface area contributed by atoms with E-state index in [0.29, 0.717) is 19.7 Å². The molecule has 0 atom stereocenters. The zero-order valence-corrected chi connectivity index (χ0v) is 14.5. The van der Waals surface area contributed by atoms with Crippen molar-refractivity contribution in [2.75, 3.05) is 32.8 Å². The first-order chi connectivity index (χ1) is 10.9. The van der Waals surface area contributed by atoms with Gasteiger partial charge in [-0.05, 0) is 49.0 Å². The van der Waals surface area contributed by atoms with Crippen molar-refractivity contribution < 1.29 is 9.53 Å². The lowest BCUT2D eigenvalue weighted by Crippen LogP contribution is -2.57. The largest absolute Gasteiger partial charge is 0.371 e. The van der Waals surface area contributed by atoms with Gasteiger partial charge in [0.25, 0.3) is 5.91 Å². The fourth-order valence-electron chi connectivity index (χ4n) is 3.50. The van der Waals surface area contributed by atoms with Crippen LogP contribution in [-0.2, 0) is 10.2 Å². The second-order valence-corrected chi connectivity index (χ2v) is 7.84. The normalized spacial score (nSPS) is 21.4. The maximum absolute atomic E-state index is 12.8. The molecule has 1 spiro atoms. The molecule has 0 unspecified atom stereocenters. The number of morpholine rings is 1. The van der Waals surface area contributed by atoms with Crippen molar-refractivity contribution in [3.8, 4) is 0 Å². The number of benzene rings is 1. The monoisotopic (exact) mass is 316 g/mol. The quantitative estimate of drug-likeness (QED) is 0.866. The third-order valence-corrected chi connectivity index (χ3v) is 5.05. The summed E-state index contributed by atoms with van der Waals surface area (Å²) in [6.45, 7) is 10.6. The Morgan fingerprint density at radius 2 is 1.83 bits per heavy atom. The number of hydrogen-bond acceptors (Lipinski definition) is 3. The van der Waals surface area contributed by atoms with E-state index in [-0.39, 0.29) is 16.9 Å². The highest BCUT2D eigenvalue weighted by Crippen LogP contribution is 2.28. The first-order valence-electron chi connectivity index (χ1n) is 8.64. The van der Waals surface area contributed by atoms with Gasteiger partial charge in [0.1, 0.15) is 0 Å². The van der Waals surface area contributed by atoms with Gasteiger partial charge in [-0.1, -0.05) is 32.9 Å². The van der Waals surface area contributed by atoms with Gasteiger partial charge in [0.15, 0.2) is 0 Å². The maximum atomic E-state index is 12.8. The van der Waals surface area contributed by atoms with Gasteiger partial charge in [-0.25, -0.2) is 0 Å². The van der Waals surface area contributed by atoms with Crippen LogP contribution in [0.4, 0.5) is 0 Å². The predicted octanol–water partition coefficient (Wildman–Crippen LogP) is 2.58. The first kappa shape index (κ1) is 16.5. The smallest absolute Gasteiger partial charge is 0.254 e. The highest BCUT2D eigenvalue weighted by atomic mass is 16.5. The van der Waals surface area contributed by atoms with Crippen molar-refractivity contribution in [3.63, 3.8) is 0 Å². The molecule has 1 N–H and O–H groups in total. The van der Waals surface area contributed by atoms with Gasteiger partial charge in [0.05, 0.1) is 18.8 Å². The molecular formula is C19H28N2O2. The Kier molecular flexibility index (Phi) is 4.47. The second-order valence-electron chi connectivity index (χ2n) is 7.84. The molecule has 0 aromatic heterocycles. The van der Waals surface area contributed by atoms with Crippen molar-refractivity contribution in [2.45, 2.75) is 44.6 Å². The molecule has 4 nitrogen and oxygen atoms in total. The first-order valence-corrected chi connectivity index (χ1v) is 8.64. The van der Waals surface area contributed by atoms with Gasteiger partial charge < -0.3 is 15.0 Å². The average molecular weight is 316 g/mol. The molecule has 126 valence electrons. The van der Waals surface area contributed by atoms with Gasteiger partial charge >= 0.3 is 0 Å². The molecule has 1 aromatic carbocycles. The summed E-state index contributed by atoms with van der Waals surface area (Å²) >= 11 is 0. The minimum atomic E-state index is -0.134. The molecule has 2 fully saturated rings. The van der Waals surface area contributed by atoms with Crippen LogP contribution in [0.3, 0.4) is 0 Å². The summed E-state index contributed by atoms with van der Waals surface area (Å²) in [4.78, 5) is 14.8. The van der Waals surface area contributed by atoms with E-state index in [4.69, 9.17) is 4.74 Å². The number of carbonyl (C=O) groups excluding carboxylic acids is 1. The Balaban J connectivity index is 1.72. The number of carbonyl (C=O) groups is 1. The highest BCUT2D eigenvalue weighted by molar-refractivity contribution is 5.94. The standard InChI is InChI=1S/C19H28N2O2/c1-18(2,3)16-6-4-15(5-7-16)17(22)21-12-13-23-19(14-21)8-10-20-11-9-19/h4-7,20H,8-14H2,1-3H3. The summed E-state index contributed by atoms with van der Waals surface area (Å²) in [6, 6.07) is 8.09. The van der Waals surface area contributed by atoms with Crippen LogP contribution < -0.4 is 5.32 Å². The minimum Gasteiger partial charge on any atom is -0.371 e. The van der Waals surface area contributed by atoms with Crippen molar-refractivity contribution in [2.24, 2.45) is 0 Å². The van der Waals surface area contributed by atoms with E-state index in [9.17, 15) is 4.79 Å². The molecule has 2 aliphatic rings. The molecule has 2 heterocycles. The van der Waals surface area contributed by atoms with Crippen LogP contribution in [0, 0.1) is 0 Å². The van der Waals surface area contributed by atoms with Crippen LogP contribution in [-0.4, -0.2) is 49.2 Å². The van der Waals surface area contributed by atoms with Crippen LogP contribution in [0.25, 0.3) is 0 Å². The van der Waals surface area contributed by atoms with Crippen molar-refractivity contribution in [1.29, 1.82) is 0 Å². The van der Waals surface area contributed by atoms with Crippen LogP contribution in [0.5, 0.6) is 0 Å². The number of amides is 1. The Hall–Kier alpha value is -1.39. The van der Waals surface area contributed by atoms with Gasteiger partial charge in [0.2, 0.25) is 0 Å². The fourth-order valence-corrected chi connectivity index (χ4v) is 3.50. The maximum Gasteiger partial charge on any atom is 0.254 e. The van der Waals surface area contributed by atoms with Crippen molar-refractivity contribution >= 4 is 5.91 Å². The van der Waals surface area contributed by atoms with Gasteiger partial charge in [0, 0.05) is 12.1 Å². The topological polar surface area (TPSA) is 41.6 Å². The number of nitrogens with zero attached hydrogens (tertiary/aromatic N) is 1. The molecule has 0 saturated carbocycles. The van der Waals surface area contributed by atoms with E-state index in [1.54, 1.807) is 0 Å². The fraction of sp³-hybridized carbons (Fsp3) is 0.632. The van der Waals surface area contributed by atoms with Crippen LogP contribution in [0.1, 0.15) is 49.5 Å². The highest BCUT2D eigenvalue weighted by Gasteiger charge is 2.39. The van der Waals surface area contributed by atoms with Gasteiger partial charge in [-0.3, -0.25) is 4.79 Å². The number of hydrogen-bond donors (Lipinski definition) is 1. The summed E-state index contributed by atoms with van der Waals surface area (Å²) in [5.41, 5.74) is 2.01. The van der Waals surface area contributed by atoms with Crippen LogP contribution in [0.2, 0.25) is 0 Å². The predicted molar refractivity (Wildman–Crippen MR) is 91.8 cm³/mol. The molecule has 2 saturated heterocycles. The zero-order chi connectivity index (χ0) is 16.5. The molecule has 0 bridgehead atoms. The van der Waals surface area contributed by atoms with E-state index in [1.807, 2.05) is 17.0 Å². The summed E-state index contributed by atoms with van der Waals surface area (Å²) in [7, 11) is 0. The Morgan fingerprint density at radius 1 is 1.17 bits per heavy atom. The second kappa shape index (κ2) is 6.25. The van der Waals surface area contributed by atoms with Crippen LogP contribution >= 0.6 is 0 Å². The Morgan fingerprint density at radius 3 is 2.43 bits per heavy atom. The zero-order valence-electron chi connectivity index (χ0n) is 14.5. The van der Waals surface area contributed by atoms with E-state index >= 15 is 0 Å².